The van der Waals surface area contributed by atoms with Gasteiger partial charge >= 0.3 is 0 Å². The zero-order valence-electron chi connectivity index (χ0n) is 10.2. The minimum absolute atomic E-state index is 0.625. The predicted octanol–water partition coefficient (Wildman–Crippen LogP) is 1.89. The van der Waals surface area contributed by atoms with Crippen molar-refractivity contribution >= 4 is 27.3 Å². The third-order valence-electron chi connectivity index (χ3n) is 3.14. The van der Waals surface area contributed by atoms with Gasteiger partial charge in [-0.1, -0.05) is 0 Å². The van der Waals surface area contributed by atoms with Crippen LogP contribution in [0.3, 0.4) is 0 Å². The van der Waals surface area contributed by atoms with Crippen molar-refractivity contribution in [3.8, 4) is 0 Å². The van der Waals surface area contributed by atoms with E-state index in [2.05, 4.69) is 49.8 Å². The summed E-state index contributed by atoms with van der Waals surface area (Å²) < 4.78 is 1.19. The second kappa shape index (κ2) is 6.85. The Hall–Kier alpha value is 0.0600. The Labute approximate surface area is 116 Å². The third-order valence-corrected chi connectivity index (χ3v) is 4.83. The molecular formula is C12H20BrN3S. The maximum Gasteiger partial charge on any atom is 0.0300 e. The van der Waals surface area contributed by atoms with E-state index < -0.39 is 0 Å². The van der Waals surface area contributed by atoms with E-state index in [0.717, 1.165) is 26.2 Å². The van der Waals surface area contributed by atoms with Crippen LogP contribution in [0, 0.1) is 0 Å². The van der Waals surface area contributed by atoms with Crippen molar-refractivity contribution in [2.24, 2.45) is 0 Å². The average molecular weight is 318 g/mol. The summed E-state index contributed by atoms with van der Waals surface area (Å²) in [5.74, 6) is 0. The quantitative estimate of drug-likeness (QED) is 0.868. The number of hydrogen-bond acceptors (Lipinski definition) is 4. The molecule has 0 bridgehead atoms. The second-order valence-electron chi connectivity index (χ2n) is 4.50. The average Bonchev–Trinajstić information content (AvgIpc) is 2.76. The standard InChI is InChI=1S/C12H20BrN3S/c1-10(16-4-2-14-3-5-16)7-15-8-12-6-11(13)9-17-12/h6,9-10,14-15H,2-5,7-8H2,1H3. The van der Waals surface area contributed by atoms with Gasteiger partial charge in [0.05, 0.1) is 0 Å². The van der Waals surface area contributed by atoms with Gasteiger partial charge in [-0.3, -0.25) is 4.90 Å². The SMILES string of the molecule is CC(CNCc1cc(Br)cs1)N1CCNCC1. The fourth-order valence-corrected chi connectivity index (χ4v) is 3.52. The van der Waals surface area contributed by atoms with Gasteiger partial charge in [-0.05, 0) is 28.9 Å². The van der Waals surface area contributed by atoms with Gasteiger partial charge in [-0.25, -0.2) is 0 Å². The maximum absolute atomic E-state index is 3.54. The molecule has 2 N–H and O–H groups in total. The number of nitrogens with one attached hydrogen (secondary N) is 2. The number of nitrogens with zero attached hydrogens (tertiary/aromatic N) is 1. The molecule has 1 aromatic heterocycles. The van der Waals surface area contributed by atoms with Crippen LogP contribution in [0.5, 0.6) is 0 Å². The smallest absolute Gasteiger partial charge is 0.0300 e. The molecule has 17 heavy (non-hydrogen) atoms. The van der Waals surface area contributed by atoms with Gasteiger partial charge < -0.3 is 10.6 Å². The van der Waals surface area contributed by atoms with Crippen molar-refractivity contribution in [3.05, 3.63) is 20.8 Å². The summed E-state index contributed by atoms with van der Waals surface area (Å²) in [4.78, 5) is 3.94. The summed E-state index contributed by atoms with van der Waals surface area (Å²) in [5, 5.41) is 9.06. The summed E-state index contributed by atoms with van der Waals surface area (Å²) in [6.45, 7) is 8.95. The van der Waals surface area contributed by atoms with E-state index >= 15 is 0 Å². The van der Waals surface area contributed by atoms with Gasteiger partial charge in [-0.2, -0.15) is 0 Å². The topological polar surface area (TPSA) is 27.3 Å². The Morgan fingerprint density at radius 2 is 2.29 bits per heavy atom. The van der Waals surface area contributed by atoms with Crippen molar-refractivity contribution in [1.29, 1.82) is 0 Å². The molecule has 0 amide bonds. The first kappa shape index (κ1) is 13.5. The highest BCUT2D eigenvalue weighted by atomic mass is 79.9. The van der Waals surface area contributed by atoms with Crippen LogP contribution in [0.25, 0.3) is 0 Å². The number of thiophene rings is 1. The first-order valence-corrected chi connectivity index (χ1v) is 7.81. The van der Waals surface area contributed by atoms with E-state index in [1.54, 1.807) is 11.3 Å². The normalized spacial score (nSPS) is 19.4. The number of rotatable bonds is 5. The molecule has 1 aromatic rings. The minimum atomic E-state index is 0.625. The van der Waals surface area contributed by atoms with E-state index in [4.69, 9.17) is 0 Å². The summed E-state index contributed by atoms with van der Waals surface area (Å²) in [7, 11) is 0. The molecule has 3 nitrogen and oxygen atoms in total. The van der Waals surface area contributed by atoms with E-state index in [1.165, 1.54) is 22.4 Å². The molecule has 1 unspecified atom stereocenters. The molecule has 1 aliphatic rings. The van der Waals surface area contributed by atoms with Crippen LogP contribution in [0.2, 0.25) is 0 Å². The predicted molar refractivity (Wildman–Crippen MR) is 77.6 cm³/mol. The number of halogens is 1. The fraction of sp³-hybridized carbons (Fsp3) is 0.667. The molecule has 1 saturated heterocycles. The second-order valence-corrected chi connectivity index (χ2v) is 6.41. The van der Waals surface area contributed by atoms with Gasteiger partial charge in [0.1, 0.15) is 0 Å². The van der Waals surface area contributed by atoms with E-state index in [0.29, 0.717) is 6.04 Å². The van der Waals surface area contributed by atoms with Crippen LogP contribution < -0.4 is 10.6 Å². The highest BCUT2D eigenvalue weighted by Gasteiger charge is 2.15. The lowest BCUT2D eigenvalue weighted by Crippen LogP contribution is -2.50. The first-order valence-electron chi connectivity index (χ1n) is 6.14. The Morgan fingerprint density at radius 1 is 1.53 bits per heavy atom. The van der Waals surface area contributed by atoms with Crippen LogP contribution in [0.1, 0.15) is 11.8 Å². The van der Waals surface area contributed by atoms with Crippen LogP contribution >= 0.6 is 27.3 Å². The van der Waals surface area contributed by atoms with Crippen molar-refractivity contribution < 1.29 is 0 Å². The molecule has 96 valence electrons. The van der Waals surface area contributed by atoms with Crippen LogP contribution in [-0.2, 0) is 6.54 Å². The number of hydrogen-bond donors (Lipinski definition) is 2. The summed E-state index contributed by atoms with van der Waals surface area (Å²) in [6.07, 6.45) is 0. The molecule has 1 aliphatic heterocycles. The highest BCUT2D eigenvalue weighted by molar-refractivity contribution is 9.10. The third kappa shape index (κ3) is 4.34. The number of piperazine rings is 1. The van der Waals surface area contributed by atoms with E-state index in [1.807, 2.05) is 0 Å². The summed E-state index contributed by atoms with van der Waals surface area (Å²) >= 11 is 5.29. The Balaban J connectivity index is 1.67. The molecule has 0 aromatic carbocycles. The Bertz CT molecular complexity index is 336. The van der Waals surface area contributed by atoms with E-state index in [-0.39, 0.29) is 0 Å². The molecule has 0 saturated carbocycles. The molecule has 5 heteroatoms. The molecular weight excluding hydrogens is 298 g/mol. The molecule has 0 spiro atoms. The molecule has 0 radical (unpaired) electrons. The Kier molecular flexibility index (Phi) is 5.44. The zero-order chi connectivity index (χ0) is 12.1. The lowest BCUT2D eigenvalue weighted by molar-refractivity contribution is 0.181. The lowest BCUT2D eigenvalue weighted by atomic mass is 10.2. The van der Waals surface area contributed by atoms with E-state index in [9.17, 15) is 0 Å². The summed E-state index contributed by atoms with van der Waals surface area (Å²) in [6, 6.07) is 2.81. The minimum Gasteiger partial charge on any atom is -0.314 e. The highest BCUT2D eigenvalue weighted by Crippen LogP contribution is 2.19. The molecule has 2 heterocycles. The van der Waals surface area contributed by atoms with Crippen molar-refractivity contribution in [2.75, 3.05) is 32.7 Å². The molecule has 1 fully saturated rings. The first-order chi connectivity index (χ1) is 8.25. The van der Waals surface area contributed by atoms with Crippen molar-refractivity contribution in [3.63, 3.8) is 0 Å². The van der Waals surface area contributed by atoms with Crippen molar-refractivity contribution in [1.82, 2.24) is 15.5 Å². The van der Waals surface area contributed by atoms with Crippen LogP contribution in [0.4, 0.5) is 0 Å². The zero-order valence-corrected chi connectivity index (χ0v) is 12.6. The van der Waals surface area contributed by atoms with Crippen molar-refractivity contribution in [2.45, 2.75) is 19.5 Å². The van der Waals surface area contributed by atoms with Gasteiger partial charge in [-0.15, -0.1) is 11.3 Å². The van der Waals surface area contributed by atoms with Crippen LogP contribution in [0.15, 0.2) is 15.9 Å². The summed E-state index contributed by atoms with van der Waals surface area (Å²) in [5.41, 5.74) is 0. The van der Waals surface area contributed by atoms with Gasteiger partial charge in [0.25, 0.3) is 0 Å². The maximum atomic E-state index is 3.54. The molecule has 0 aliphatic carbocycles. The van der Waals surface area contributed by atoms with Crippen LogP contribution in [-0.4, -0.2) is 43.7 Å². The van der Waals surface area contributed by atoms with Gasteiger partial charge in [0.2, 0.25) is 0 Å². The Morgan fingerprint density at radius 3 is 2.94 bits per heavy atom. The fourth-order valence-electron chi connectivity index (χ4n) is 2.10. The van der Waals surface area contributed by atoms with Gasteiger partial charge in [0, 0.05) is 60.0 Å². The lowest BCUT2D eigenvalue weighted by Gasteiger charge is -2.32. The molecule has 1 atom stereocenters. The largest absolute Gasteiger partial charge is 0.314 e. The monoisotopic (exact) mass is 317 g/mol. The van der Waals surface area contributed by atoms with Gasteiger partial charge in [0.15, 0.2) is 0 Å². The molecule has 2 rings (SSSR count).